The molecule has 0 aliphatic heterocycles. The van der Waals surface area contributed by atoms with Gasteiger partial charge >= 0.3 is 0 Å². The van der Waals surface area contributed by atoms with Crippen molar-refractivity contribution in [2.75, 3.05) is 13.6 Å². The molecule has 5 nitrogen and oxygen atoms in total. The maximum atomic E-state index is 14.0. The van der Waals surface area contributed by atoms with Crippen molar-refractivity contribution in [1.29, 1.82) is 0 Å². The number of hydrogen-bond donors (Lipinski definition) is 3. The van der Waals surface area contributed by atoms with Gasteiger partial charge in [0.05, 0.1) is 12.1 Å². The molecule has 0 bridgehead atoms. The predicted octanol–water partition coefficient (Wildman–Crippen LogP) is 6.98. The molecule has 0 radical (unpaired) electrons. The van der Waals surface area contributed by atoms with Gasteiger partial charge in [-0.15, -0.1) is 24.8 Å². The van der Waals surface area contributed by atoms with Gasteiger partial charge in [0, 0.05) is 40.9 Å². The fraction of sp³-hybridized carbons (Fsp3) is 0.424. The lowest BCUT2D eigenvalue weighted by Crippen LogP contribution is -2.48. The van der Waals surface area contributed by atoms with Gasteiger partial charge in [-0.1, -0.05) is 43.0 Å². The van der Waals surface area contributed by atoms with E-state index in [2.05, 4.69) is 57.3 Å². The summed E-state index contributed by atoms with van der Waals surface area (Å²) < 4.78 is 29.0. The summed E-state index contributed by atoms with van der Waals surface area (Å²) in [5.74, 6) is -1.71. The summed E-state index contributed by atoms with van der Waals surface area (Å²) in [6.45, 7) is 3.46. The minimum atomic E-state index is -0.991. The summed E-state index contributed by atoms with van der Waals surface area (Å²) in [6.07, 6.45) is 5.31. The number of aliphatic hydroxyl groups excluding tert-OH is 1. The molecule has 1 aliphatic rings. The zero-order valence-electron chi connectivity index (χ0n) is 24.6. The van der Waals surface area contributed by atoms with Gasteiger partial charge in [0.1, 0.15) is 11.6 Å². The van der Waals surface area contributed by atoms with E-state index in [0.29, 0.717) is 23.7 Å². The van der Waals surface area contributed by atoms with Gasteiger partial charge < -0.3 is 15.7 Å². The molecule has 4 rings (SSSR count). The van der Waals surface area contributed by atoms with Crippen LogP contribution in [0.15, 0.2) is 60.7 Å². The van der Waals surface area contributed by atoms with Gasteiger partial charge in [0.25, 0.3) is 5.91 Å². The lowest BCUT2D eigenvalue weighted by Gasteiger charge is -2.31. The monoisotopic (exact) mass is 747 g/mol. The Hall–Kier alpha value is -1.82. The first-order valence-electron chi connectivity index (χ1n) is 14.4. The number of carbonyl (C=O) groups is 1. The SMILES string of the molecule is Cc1cc(CN(C)C2CCCCC2)cc(C(=O)N[C@@H](Cc2cc(F)cc(F)c2)[C@H](O)CNCc2cccc(I)c2)c1.Cl.Cl. The molecule has 1 aliphatic carbocycles. The molecular formula is C33H42Cl2F2IN3O2. The molecule has 3 aromatic rings. The summed E-state index contributed by atoms with van der Waals surface area (Å²) in [6, 6.07) is 16.9. The second-order valence-electron chi connectivity index (χ2n) is 11.3. The Morgan fingerprint density at radius 2 is 1.67 bits per heavy atom. The number of benzene rings is 3. The van der Waals surface area contributed by atoms with Gasteiger partial charge in [-0.3, -0.25) is 9.69 Å². The largest absolute Gasteiger partial charge is 0.390 e. The average Bonchev–Trinajstić information content (AvgIpc) is 2.92. The van der Waals surface area contributed by atoms with Crippen LogP contribution in [-0.4, -0.2) is 47.7 Å². The topological polar surface area (TPSA) is 64.6 Å². The van der Waals surface area contributed by atoms with E-state index in [1.165, 1.54) is 44.2 Å². The van der Waals surface area contributed by atoms with Crippen molar-refractivity contribution in [3.05, 3.63) is 104 Å². The Labute approximate surface area is 280 Å². The Balaban J connectivity index is 0.00000323. The molecule has 236 valence electrons. The molecule has 1 saturated carbocycles. The van der Waals surface area contributed by atoms with Gasteiger partial charge in [-0.2, -0.15) is 0 Å². The third kappa shape index (κ3) is 11.9. The average molecular weight is 749 g/mol. The Bertz CT molecular complexity index is 1310. The molecular weight excluding hydrogens is 706 g/mol. The highest BCUT2D eigenvalue weighted by Crippen LogP contribution is 2.23. The van der Waals surface area contributed by atoms with E-state index in [0.717, 1.165) is 32.9 Å². The van der Waals surface area contributed by atoms with E-state index in [1.54, 1.807) is 0 Å². The highest BCUT2D eigenvalue weighted by molar-refractivity contribution is 14.1. The maximum Gasteiger partial charge on any atom is 0.251 e. The highest BCUT2D eigenvalue weighted by Gasteiger charge is 2.24. The quantitative estimate of drug-likeness (QED) is 0.175. The van der Waals surface area contributed by atoms with E-state index in [9.17, 15) is 18.7 Å². The first-order chi connectivity index (χ1) is 19.7. The molecule has 0 heterocycles. The van der Waals surface area contributed by atoms with Crippen LogP contribution in [0.4, 0.5) is 8.78 Å². The Morgan fingerprint density at radius 3 is 2.35 bits per heavy atom. The second kappa shape index (κ2) is 18.2. The molecule has 10 heteroatoms. The van der Waals surface area contributed by atoms with Gasteiger partial charge in [-0.25, -0.2) is 8.78 Å². The predicted molar refractivity (Wildman–Crippen MR) is 182 cm³/mol. The number of carbonyl (C=O) groups excluding carboxylic acids is 1. The van der Waals surface area contributed by atoms with Crippen molar-refractivity contribution in [2.45, 2.75) is 76.7 Å². The van der Waals surface area contributed by atoms with Crippen LogP contribution >= 0.6 is 47.4 Å². The molecule has 3 N–H and O–H groups in total. The number of amides is 1. The molecule has 0 unspecified atom stereocenters. The van der Waals surface area contributed by atoms with Crippen LogP contribution in [0.25, 0.3) is 0 Å². The minimum Gasteiger partial charge on any atom is -0.390 e. The lowest BCUT2D eigenvalue weighted by atomic mass is 9.94. The van der Waals surface area contributed by atoms with Crippen molar-refractivity contribution < 1.29 is 18.7 Å². The van der Waals surface area contributed by atoms with Crippen LogP contribution in [0.5, 0.6) is 0 Å². The number of nitrogens with zero attached hydrogens (tertiary/aromatic N) is 1. The van der Waals surface area contributed by atoms with Crippen molar-refractivity contribution in [3.8, 4) is 0 Å². The zero-order chi connectivity index (χ0) is 29.4. The normalized spacial score (nSPS) is 14.9. The van der Waals surface area contributed by atoms with Crippen LogP contribution in [0.2, 0.25) is 0 Å². The smallest absolute Gasteiger partial charge is 0.251 e. The Kier molecular flexibility index (Phi) is 15.8. The fourth-order valence-corrected chi connectivity index (χ4v) is 6.30. The first-order valence-corrected chi connectivity index (χ1v) is 15.4. The van der Waals surface area contributed by atoms with E-state index in [1.807, 2.05) is 37.3 Å². The Morgan fingerprint density at radius 1 is 0.977 bits per heavy atom. The standard InChI is InChI=1S/C33H40F2IN3O2.2ClH/c1-22-11-25(21-39(2)30-9-4-3-5-10-30)13-26(12-22)33(41)38-31(17-24-14-27(34)18-28(35)15-24)32(40)20-37-19-23-7-6-8-29(36)16-23;;/h6-8,11-16,18,30-32,37,40H,3-5,9-10,17,19-21H2,1-2H3,(H,38,41);2*1H/t31-,32+;;/m0../s1. The van der Waals surface area contributed by atoms with Crippen LogP contribution in [0, 0.1) is 22.1 Å². The van der Waals surface area contributed by atoms with Crippen LogP contribution in [-0.2, 0) is 19.5 Å². The molecule has 1 fully saturated rings. The van der Waals surface area contributed by atoms with Gasteiger partial charge in [0.15, 0.2) is 0 Å². The fourth-order valence-electron chi connectivity index (χ4n) is 5.70. The van der Waals surface area contributed by atoms with E-state index in [4.69, 9.17) is 0 Å². The first kappa shape index (κ1) is 37.4. The number of nitrogens with one attached hydrogen (secondary N) is 2. The summed E-state index contributed by atoms with van der Waals surface area (Å²) in [5.41, 5.74) is 3.98. The zero-order valence-corrected chi connectivity index (χ0v) is 28.4. The van der Waals surface area contributed by atoms with Crippen LogP contribution < -0.4 is 10.6 Å². The molecule has 0 saturated heterocycles. The second-order valence-corrected chi connectivity index (χ2v) is 12.5. The minimum absolute atomic E-state index is 0. The van der Waals surface area contributed by atoms with Crippen LogP contribution in [0.3, 0.4) is 0 Å². The number of aliphatic hydroxyl groups is 1. The van der Waals surface area contributed by atoms with Crippen molar-refractivity contribution >= 4 is 53.3 Å². The molecule has 3 aromatic carbocycles. The van der Waals surface area contributed by atoms with E-state index >= 15 is 0 Å². The number of hydrogen-bond acceptors (Lipinski definition) is 4. The van der Waals surface area contributed by atoms with Gasteiger partial charge in [-0.05, 0) is 109 Å². The summed E-state index contributed by atoms with van der Waals surface area (Å²) >= 11 is 2.25. The molecule has 43 heavy (non-hydrogen) atoms. The lowest BCUT2D eigenvalue weighted by molar-refractivity contribution is 0.0829. The number of rotatable bonds is 12. The molecule has 0 spiro atoms. The van der Waals surface area contributed by atoms with Crippen molar-refractivity contribution in [1.82, 2.24) is 15.5 Å². The molecule has 1 amide bonds. The van der Waals surface area contributed by atoms with E-state index in [-0.39, 0.29) is 43.7 Å². The van der Waals surface area contributed by atoms with Crippen LogP contribution in [0.1, 0.15) is 64.7 Å². The summed E-state index contributed by atoms with van der Waals surface area (Å²) in [5, 5.41) is 17.3. The summed E-state index contributed by atoms with van der Waals surface area (Å²) in [4.78, 5) is 15.9. The summed E-state index contributed by atoms with van der Waals surface area (Å²) in [7, 11) is 2.14. The molecule has 2 atom stereocenters. The number of halogens is 5. The molecule has 0 aromatic heterocycles. The maximum absolute atomic E-state index is 14.0. The van der Waals surface area contributed by atoms with Gasteiger partial charge in [0.2, 0.25) is 0 Å². The highest BCUT2D eigenvalue weighted by atomic mass is 127. The third-order valence-electron chi connectivity index (χ3n) is 7.76. The van der Waals surface area contributed by atoms with E-state index < -0.39 is 23.8 Å². The number of aryl methyl sites for hydroxylation is 1. The van der Waals surface area contributed by atoms with Crippen molar-refractivity contribution in [3.63, 3.8) is 0 Å². The van der Waals surface area contributed by atoms with Crippen molar-refractivity contribution in [2.24, 2.45) is 0 Å². The third-order valence-corrected chi connectivity index (χ3v) is 8.43.